The van der Waals surface area contributed by atoms with Gasteiger partial charge in [-0.05, 0) is 12.8 Å². The van der Waals surface area contributed by atoms with Gasteiger partial charge >= 0.3 is 0 Å². The predicted molar refractivity (Wildman–Crippen MR) is 190 cm³/mol. The van der Waals surface area contributed by atoms with Crippen LogP contribution in [0.2, 0.25) is 0 Å². The number of unbranched alkanes of at least 4 members (excludes halogenated alkanes) is 21. The van der Waals surface area contributed by atoms with E-state index in [4.69, 9.17) is 9.47 Å². The smallest absolute Gasteiger partial charge is 0.220 e. The van der Waals surface area contributed by atoms with Crippen molar-refractivity contribution in [2.45, 2.75) is 223 Å². The van der Waals surface area contributed by atoms with Gasteiger partial charge in [-0.15, -0.1) is 0 Å². The summed E-state index contributed by atoms with van der Waals surface area (Å²) >= 11 is 0. The molecule has 1 heterocycles. The Bertz CT molecular complexity index is 743. The highest BCUT2D eigenvalue weighted by Gasteiger charge is 2.44. The molecule has 0 aromatic rings. The molecular formula is C38H75NO9. The Morgan fingerprint density at radius 3 is 1.54 bits per heavy atom. The largest absolute Gasteiger partial charge is 0.394 e. The zero-order valence-electron chi connectivity index (χ0n) is 30.6. The molecule has 10 heteroatoms. The zero-order valence-corrected chi connectivity index (χ0v) is 30.6. The van der Waals surface area contributed by atoms with Gasteiger partial charge in [0.1, 0.15) is 30.5 Å². The molecule has 10 nitrogen and oxygen atoms in total. The molecule has 286 valence electrons. The van der Waals surface area contributed by atoms with Crippen LogP contribution in [0.25, 0.3) is 0 Å². The van der Waals surface area contributed by atoms with Crippen LogP contribution in [0.15, 0.2) is 0 Å². The number of carbonyl (C=O) groups excluding carboxylic acids is 1. The Morgan fingerprint density at radius 2 is 1.08 bits per heavy atom. The van der Waals surface area contributed by atoms with Crippen LogP contribution in [0.5, 0.6) is 0 Å². The second-order valence-electron chi connectivity index (χ2n) is 14.2. The number of rotatable bonds is 32. The number of nitrogens with one attached hydrogen (secondary N) is 1. The Labute approximate surface area is 292 Å². The van der Waals surface area contributed by atoms with Gasteiger partial charge in [-0.2, -0.15) is 0 Å². The molecule has 1 aliphatic heterocycles. The monoisotopic (exact) mass is 690 g/mol. The number of hydrogen-bond donors (Lipinski definition) is 7. The molecule has 1 saturated heterocycles. The number of aliphatic hydroxyl groups excluding tert-OH is 6. The Kier molecular flexibility index (Phi) is 28.1. The first kappa shape index (κ1) is 45.2. The lowest BCUT2D eigenvalue weighted by molar-refractivity contribution is -0.303. The van der Waals surface area contributed by atoms with E-state index >= 15 is 0 Å². The molecule has 8 atom stereocenters. The third-order valence-corrected chi connectivity index (χ3v) is 9.80. The van der Waals surface area contributed by atoms with Crippen LogP contribution in [0, 0.1) is 0 Å². The lowest BCUT2D eigenvalue weighted by atomic mass is 9.98. The van der Waals surface area contributed by atoms with Crippen LogP contribution in [0.1, 0.15) is 174 Å². The van der Waals surface area contributed by atoms with E-state index in [-0.39, 0.29) is 18.9 Å². The Morgan fingerprint density at radius 1 is 0.646 bits per heavy atom. The van der Waals surface area contributed by atoms with E-state index in [1.807, 2.05) is 0 Å². The molecule has 2 unspecified atom stereocenters. The number of amides is 1. The van der Waals surface area contributed by atoms with Crippen molar-refractivity contribution in [1.29, 1.82) is 0 Å². The maximum atomic E-state index is 12.9. The minimum absolute atomic E-state index is 0.260. The average molecular weight is 690 g/mol. The standard InChI is InChI=1S/C38H75NO9/c1-3-5-7-9-11-13-15-16-17-18-20-22-24-26-31(41)34(43)30(29-47-38-37(46)36(45)35(44)32(28-40)48-38)39-33(42)27-25-23-21-19-14-12-10-8-6-4-2/h30-32,34-38,40-41,43-46H,3-29H2,1-2H3,(H,39,42)/t30-,31+,32+,34-,35-,36?,37?,38+/m0/s1. The summed E-state index contributed by atoms with van der Waals surface area (Å²) in [6.45, 7) is 3.56. The summed E-state index contributed by atoms with van der Waals surface area (Å²) in [5, 5.41) is 64.8. The van der Waals surface area contributed by atoms with E-state index in [0.717, 1.165) is 44.9 Å². The molecule has 1 fully saturated rings. The molecule has 0 bridgehead atoms. The van der Waals surface area contributed by atoms with Crippen LogP contribution in [0.4, 0.5) is 0 Å². The third kappa shape index (κ3) is 20.7. The average Bonchev–Trinajstić information content (AvgIpc) is 3.08. The normalized spacial score (nSPS) is 23.2. The SMILES string of the molecule is CCCCCCCCCCCCCCC[C@@H](O)[C@@H](O)[C@H](CO[C@@H]1O[C@H](CO)[C@H](O)C(O)C1O)NC(=O)CCCCCCCCCCCC. The molecule has 7 N–H and O–H groups in total. The van der Waals surface area contributed by atoms with Crippen molar-refractivity contribution < 1.29 is 44.9 Å². The second-order valence-corrected chi connectivity index (χ2v) is 14.2. The van der Waals surface area contributed by atoms with Gasteiger partial charge in [0, 0.05) is 6.42 Å². The lowest BCUT2D eigenvalue weighted by Gasteiger charge is -2.40. The lowest BCUT2D eigenvalue weighted by Crippen LogP contribution is -2.60. The minimum Gasteiger partial charge on any atom is -0.394 e. The van der Waals surface area contributed by atoms with Gasteiger partial charge in [0.05, 0.1) is 25.4 Å². The molecule has 0 spiro atoms. The fourth-order valence-corrected chi connectivity index (χ4v) is 6.49. The van der Waals surface area contributed by atoms with E-state index in [1.165, 1.54) is 103 Å². The number of aliphatic hydroxyl groups is 6. The molecule has 1 rings (SSSR count). The van der Waals surface area contributed by atoms with Gasteiger partial charge in [-0.3, -0.25) is 4.79 Å². The van der Waals surface area contributed by atoms with Gasteiger partial charge in [0.25, 0.3) is 0 Å². The van der Waals surface area contributed by atoms with Gasteiger partial charge in [0.2, 0.25) is 5.91 Å². The first-order valence-electron chi connectivity index (χ1n) is 19.8. The summed E-state index contributed by atoms with van der Waals surface area (Å²) in [5.74, 6) is -0.260. The Balaban J connectivity index is 2.48. The predicted octanol–water partition coefficient (Wildman–Crippen LogP) is 5.80. The van der Waals surface area contributed by atoms with E-state index in [9.17, 15) is 35.4 Å². The maximum absolute atomic E-state index is 12.9. The third-order valence-electron chi connectivity index (χ3n) is 9.80. The van der Waals surface area contributed by atoms with Crippen molar-refractivity contribution in [1.82, 2.24) is 5.32 Å². The summed E-state index contributed by atoms with van der Waals surface area (Å²) in [7, 11) is 0. The maximum Gasteiger partial charge on any atom is 0.220 e. The summed E-state index contributed by atoms with van der Waals surface area (Å²) < 4.78 is 11.1. The van der Waals surface area contributed by atoms with Crippen LogP contribution < -0.4 is 5.32 Å². The second kappa shape index (κ2) is 29.8. The number of carbonyl (C=O) groups is 1. The van der Waals surface area contributed by atoms with Crippen LogP contribution in [0.3, 0.4) is 0 Å². The highest BCUT2D eigenvalue weighted by molar-refractivity contribution is 5.76. The zero-order chi connectivity index (χ0) is 35.4. The van der Waals surface area contributed by atoms with Crippen molar-refractivity contribution >= 4 is 5.91 Å². The van der Waals surface area contributed by atoms with Gasteiger partial charge in [-0.1, -0.05) is 155 Å². The number of ether oxygens (including phenoxy) is 2. The van der Waals surface area contributed by atoms with Gasteiger partial charge < -0.3 is 45.4 Å². The summed E-state index contributed by atoms with van der Waals surface area (Å²) in [6, 6.07) is -0.982. The minimum atomic E-state index is -1.60. The van der Waals surface area contributed by atoms with Crippen LogP contribution in [-0.2, 0) is 14.3 Å². The molecule has 48 heavy (non-hydrogen) atoms. The van der Waals surface area contributed by atoms with E-state index in [1.54, 1.807) is 0 Å². The van der Waals surface area contributed by atoms with Crippen LogP contribution >= 0.6 is 0 Å². The highest BCUT2D eigenvalue weighted by atomic mass is 16.7. The van der Waals surface area contributed by atoms with Crippen molar-refractivity contribution in [3.63, 3.8) is 0 Å². The number of hydrogen-bond acceptors (Lipinski definition) is 9. The van der Waals surface area contributed by atoms with E-state index in [2.05, 4.69) is 19.2 Å². The van der Waals surface area contributed by atoms with Crippen molar-refractivity contribution in [3.8, 4) is 0 Å². The van der Waals surface area contributed by atoms with Crippen LogP contribution in [-0.4, -0.2) is 98.7 Å². The molecule has 0 aromatic heterocycles. The topological polar surface area (TPSA) is 169 Å². The Hall–Kier alpha value is -0.850. The summed E-state index contributed by atoms with van der Waals surface area (Å²) in [5.41, 5.74) is 0. The fourth-order valence-electron chi connectivity index (χ4n) is 6.49. The van der Waals surface area contributed by atoms with Crippen molar-refractivity contribution in [2.75, 3.05) is 13.2 Å². The highest BCUT2D eigenvalue weighted by Crippen LogP contribution is 2.23. The van der Waals surface area contributed by atoms with E-state index < -0.39 is 55.6 Å². The van der Waals surface area contributed by atoms with Gasteiger partial charge in [-0.25, -0.2) is 0 Å². The molecule has 0 aliphatic carbocycles. The molecule has 0 saturated carbocycles. The summed E-state index contributed by atoms with van der Waals surface area (Å²) in [4.78, 5) is 12.9. The summed E-state index contributed by atoms with van der Waals surface area (Å²) in [6.07, 6.45) is 18.3. The fraction of sp³-hybridized carbons (Fsp3) is 0.974. The van der Waals surface area contributed by atoms with Crippen molar-refractivity contribution in [3.05, 3.63) is 0 Å². The van der Waals surface area contributed by atoms with Gasteiger partial charge in [0.15, 0.2) is 6.29 Å². The molecular weight excluding hydrogens is 614 g/mol. The van der Waals surface area contributed by atoms with Crippen molar-refractivity contribution in [2.24, 2.45) is 0 Å². The molecule has 0 aromatic carbocycles. The molecule has 1 amide bonds. The first-order valence-corrected chi connectivity index (χ1v) is 19.8. The molecule has 0 radical (unpaired) electrons. The van der Waals surface area contributed by atoms with E-state index in [0.29, 0.717) is 6.42 Å². The molecule has 1 aliphatic rings. The first-order chi connectivity index (χ1) is 23.3. The quantitative estimate of drug-likeness (QED) is 0.0432.